The number of amides is 1. The number of rotatable bonds is 6. The Bertz CT molecular complexity index is 613. The van der Waals surface area contributed by atoms with Crippen molar-refractivity contribution < 1.29 is 23.4 Å². The average Bonchev–Trinajstić information content (AvgIpc) is 3.00. The SMILES string of the molecule is CC(C)(C)OC(=O)N[C@H](Cc1ccc(F)cc1F)[C@@H](O)CN1CCCC1. The molecule has 1 amide bonds. The Morgan fingerprint density at radius 1 is 1.31 bits per heavy atom. The lowest BCUT2D eigenvalue weighted by Gasteiger charge is -2.29. The molecule has 0 saturated carbocycles. The quantitative estimate of drug-likeness (QED) is 0.808. The zero-order valence-corrected chi connectivity index (χ0v) is 15.6. The molecule has 7 heteroatoms. The van der Waals surface area contributed by atoms with Crippen LogP contribution in [0, 0.1) is 11.6 Å². The molecule has 0 bridgehead atoms. The molecule has 1 aliphatic heterocycles. The number of hydrogen-bond acceptors (Lipinski definition) is 4. The first-order valence-corrected chi connectivity index (χ1v) is 8.98. The van der Waals surface area contributed by atoms with Crippen LogP contribution in [0.1, 0.15) is 39.2 Å². The van der Waals surface area contributed by atoms with Crippen molar-refractivity contribution in [2.24, 2.45) is 0 Å². The Labute approximate surface area is 153 Å². The molecular formula is C19H28F2N2O3. The molecule has 0 unspecified atom stereocenters. The third-order valence-electron chi connectivity index (χ3n) is 4.27. The van der Waals surface area contributed by atoms with E-state index >= 15 is 0 Å². The molecule has 1 saturated heterocycles. The summed E-state index contributed by atoms with van der Waals surface area (Å²) < 4.78 is 32.4. The van der Waals surface area contributed by atoms with Crippen molar-refractivity contribution >= 4 is 6.09 Å². The van der Waals surface area contributed by atoms with E-state index in [2.05, 4.69) is 10.2 Å². The van der Waals surface area contributed by atoms with Crippen LogP contribution in [0.25, 0.3) is 0 Å². The number of carbonyl (C=O) groups excluding carboxylic acids is 1. The van der Waals surface area contributed by atoms with Crippen LogP contribution in [0.5, 0.6) is 0 Å². The number of benzene rings is 1. The van der Waals surface area contributed by atoms with E-state index in [1.165, 1.54) is 6.07 Å². The molecular weight excluding hydrogens is 342 g/mol. The van der Waals surface area contributed by atoms with E-state index in [-0.39, 0.29) is 12.0 Å². The maximum absolute atomic E-state index is 14.0. The lowest BCUT2D eigenvalue weighted by Crippen LogP contribution is -2.50. The molecule has 2 atom stereocenters. The molecule has 0 aliphatic carbocycles. The van der Waals surface area contributed by atoms with Crippen LogP contribution in [0.4, 0.5) is 13.6 Å². The van der Waals surface area contributed by atoms with Crippen molar-refractivity contribution in [2.75, 3.05) is 19.6 Å². The summed E-state index contributed by atoms with van der Waals surface area (Å²) in [6.07, 6.45) is 0.614. The van der Waals surface area contributed by atoms with Gasteiger partial charge in [0.05, 0.1) is 12.1 Å². The summed E-state index contributed by atoms with van der Waals surface area (Å²) in [5.41, 5.74) is -0.455. The van der Waals surface area contributed by atoms with Crippen LogP contribution < -0.4 is 5.32 Å². The number of nitrogens with one attached hydrogen (secondary N) is 1. The van der Waals surface area contributed by atoms with Crippen molar-refractivity contribution in [1.29, 1.82) is 0 Å². The third-order valence-corrected chi connectivity index (χ3v) is 4.27. The molecule has 1 aromatic carbocycles. The largest absolute Gasteiger partial charge is 0.444 e. The maximum atomic E-state index is 14.0. The van der Waals surface area contributed by atoms with E-state index < -0.39 is 35.5 Å². The van der Waals surface area contributed by atoms with E-state index in [1.54, 1.807) is 20.8 Å². The number of aliphatic hydroxyl groups excluding tert-OH is 1. The van der Waals surface area contributed by atoms with Gasteiger partial charge in [0.1, 0.15) is 17.2 Å². The molecule has 0 spiro atoms. The molecule has 2 rings (SSSR count). The van der Waals surface area contributed by atoms with Crippen LogP contribution in [-0.2, 0) is 11.2 Å². The van der Waals surface area contributed by atoms with Gasteiger partial charge >= 0.3 is 6.09 Å². The Kier molecular flexibility index (Phi) is 6.94. The van der Waals surface area contributed by atoms with E-state index in [1.807, 2.05) is 0 Å². The summed E-state index contributed by atoms with van der Waals surface area (Å²) in [6.45, 7) is 7.37. The summed E-state index contributed by atoms with van der Waals surface area (Å²) in [6, 6.07) is 2.55. The fourth-order valence-corrected chi connectivity index (χ4v) is 3.02. The van der Waals surface area contributed by atoms with E-state index in [0.29, 0.717) is 6.54 Å². The smallest absolute Gasteiger partial charge is 0.407 e. The minimum absolute atomic E-state index is 0.0420. The molecule has 1 aliphatic rings. The van der Waals surface area contributed by atoms with Gasteiger partial charge in [0.15, 0.2) is 0 Å². The average molecular weight is 370 g/mol. The zero-order chi connectivity index (χ0) is 19.3. The number of β-amino-alcohol motifs (C(OH)–C–C–N with tert-alkyl or cyclic N) is 1. The minimum Gasteiger partial charge on any atom is -0.444 e. The molecule has 2 N–H and O–H groups in total. The van der Waals surface area contributed by atoms with Gasteiger partial charge in [-0.05, 0) is 64.8 Å². The van der Waals surface area contributed by atoms with Crippen LogP contribution in [0.15, 0.2) is 18.2 Å². The molecule has 146 valence electrons. The minimum atomic E-state index is -0.898. The van der Waals surface area contributed by atoms with Gasteiger partial charge in [0.25, 0.3) is 0 Å². The van der Waals surface area contributed by atoms with E-state index in [9.17, 15) is 18.7 Å². The Morgan fingerprint density at radius 3 is 2.54 bits per heavy atom. The highest BCUT2D eigenvalue weighted by Crippen LogP contribution is 2.16. The van der Waals surface area contributed by atoms with E-state index in [4.69, 9.17) is 4.74 Å². The van der Waals surface area contributed by atoms with Crippen LogP contribution >= 0.6 is 0 Å². The number of likely N-dealkylation sites (tertiary alicyclic amines) is 1. The summed E-state index contributed by atoms with van der Waals surface area (Å²) in [5.74, 6) is -1.37. The van der Waals surface area contributed by atoms with Crippen molar-refractivity contribution in [3.05, 3.63) is 35.4 Å². The predicted molar refractivity (Wildman–Crippen MR) is 94.9 cm³/mol. The fraction of sp³-hybridized carbons (Fsp3) is 0.632. The van der Waals surface area contributed by atoms with Gasteiger partial charge in [0, 0.05) is 12.6 Å². The summed E-state index contributed by atoms with van der Waals surface area (Å²) in [5, 5.41) is 13.3. The molecule has 5 nitrogen and oxygen atoms in total. The number of nitrogens with zero attached hydrogens (tertiary/aromatic N) is 1. The molecule has 1 fully saturated rings. The first-order chi connectivity index (χ1) is 12.1. The second kappa shape index (κ2) is 8.77. The maximum Gasteiger partial charge on any atom is 0.407 e. The van der Waals surface area contributed by atoms with Gasteiger partial charge < -0.3 is 20.1 Å². The highest BCUT2D eigenvalue weighted by molar-refractivity contribution is 5.68. The molecule has 0 radical (unpaired) electrons. The number of ether oxygens (including phenoxy) is 1. The summed E-state index contributed by atoms with van der Waals surface area (Å²) >= 11 is 0. The van der Waals surface area contributed by atoms with Crippen LogP contribution in [0.2, 0.25) is 0 Å². The Balaban J connectivity index is 2.09. The summed E-state index contributed by atoms with van der Waals surface area (Å²) in [4.78, 5) is 14.2. The van der Waals surface area contributed by atoms with Crippen molar-refractivity contribution in [3.8, 4) is 0 Å². The van der Waals surface area contributed by atoms with Crippen LogP contribution in [-0.4, -0.2) is 53.5 Å². The normalized spacial score (nSPS) is 17.8. The lowest BCUT2D eigenvalue weighted by atomic mass is 10.0. The first kappa shape index (κ1) is 20.6. The number of carbonyl (C=O) groups is 1. The second-order valence-corrected chi connectivity index (χ2v) is 7.77. The number of hydrogen-bond donors (Lipinski definition) is 2. The molecule has 26 heavy (non-hydrogen) atoms. The fourth-order valence-electron chi connectivity index (χ4n) is 3.02. The van der Waals surface area contributed by atoms with Crippen molar-refractivity contribution in [2.45, 2.75) is 57.8 Å². The van der Waals surface area contributed by atoms with E-state index in [0.717, 1.165) is 38.1 Å². The highest BCUT2D eigenvalue weighted by atomic mass is 19.1. The zero-order valence-electron chi connectivity index (χ0n) is 15.6. The second-order valence-electron chi connectivity index (χ2n) is 7.77. The van der Waals surface area contributed by atoms with Gasteiger partial charge in [-0.15, -0.1) is 0 Å². The Hall–Kier alpha value is -1.73. The van der Waals surface area contributed by atoms with Gasteiger partial charge in [-0.3, -0.25) is 0 Å². The van der Waals surface area contributed by atoms with Gasteiger partial charge in [-0.1, -0.05) is 6.07 Å². The molecule has 1 heterocycles. The third kappa shape index (κ3) is 6.53. The predicted octanol–water partition coefficient (Wildman–Crippen LogP) is 2.86. The van der Waals surface area contributed by atoms with Crippen LogP contribution in [0.3, 0.4) is 0 Å². The summed E-state index contributed by atoms with van der Waals surface area (Å²) in [7, 11) is 0. The number of halogens is 2. The van der Waals surface area contributed by atoms with Crippen molar-refractivity contribution in [3.63, 3.8) is 0 Å². The molecule has 0 aromatic heterocycles. The first-order valence-electron chi connectivity index (χ1n) is 8.98. The molecule has 1 aromatic rings. The number of aliphatic hydroxyl groups is 1. The Morgan fingerprint density at radius 2 is 1.96 bits per heavy atom. The van der Waals surface area contributed by atoms with Gasteiger partial charge in [0.2, 0.25) is 0 Å². The van der Waals surface area contributed by atoms with Gasteiger partial charge in [-0.25, -0.2) is 13.6 Å². The number of alkyl carbamates (subject to hydrolysis) is 1. The monoisotopic (exact) mass is 370 g/mol. The van der Waals surface area contributed by atoms with Crippen molar-refractivity contribution in [1.82, 2.24) is 10.2 Å². The standard InChI is InChI=1S/C19H28F2N2O3/c1-19(2,3)26-18(25)22-16(17(24)12-23-8-4-5-9-23)10-13-6-7-14(20)11-15(13)21/h6-7,11,16-17,24H,4-5,8-10,12H2,1-3H3,(H,22,25)/t16-,17+/m1/s1. The lowest BCUT2D eigenvalue weighted by molar-refractivity contribution is 0.0378. The highest BCUT2D eigenvalue weighted by Gasteiger charge is 2.28. The van der Waals surface area contributed by atoms with Gasteiger partial charge in [-0.2, -0.15) is 0 Å². The topological polar surface area (TPSA) is 61.8 Å².